The van der Waals surface area contributed by atoms with Gasteiger partial charge in [-0.2, -0.15) is 0 Å². The van der Waals surface area contributed by atoms with E-state index in [4.69, 9.17) is 4.74 Å². The third-order valence-corrected chi connectivity index (χ3v) is 4.32. The summed E-state index contributed by atoms with van der Waals surface area (Å²) in [5.41, 5.74) is 1.24. The normalized spacial score (nSPS) is 15.8. The molecule has 1 saturated heterocycles. The minimum Gasteiger partial charge on any atom is -0.375 e. The Morgan fingerprint density at radius 3 is 2.70 bits per heavy atom. The van der Waals surface area contributed by atoms with E-state index >= 15 is 0 Å². The Bertz CT molecular complexity index is 633. The molecule has 0 bridgehead atoms. The average molecular weight is 314 g/mol. The van der Waals surface area contributed by atoms with E-state index in [2.05, 4.69) is 26.9 Å². The van der Waals surface area contributed by atoms with Crippen LogP contribution in [-0.2, 0) is 16.1 Å². The minimum atomic E-state index is 0.0664. The van der Waals surface area contributed by atoms with Crippen molar-refractivity contribution in [1.82, 2.24) is 19.7 Å². The Balaban J connectivity index is 1.63. The van der Waals surface area contributed by atoms with Crippen molar-refractivity contribution in [2.75, 3.05) is 26.8 Å². The van der Waals surface area contributed by atoms with E-state index in [1.807, 2.05) is 23.1 Å². The molecule has 1 amide bonds. The Labute approximate surface area is 136 Å². The standard InChI is InChI=1S/C17H22N4O2/c1-23-12-16(22)20-9-7-15(8-10-20)17-19-18-13-21(17)11-14-5-3-2-4-6-14/h2-6,13,15H,7-12H2,1H3. The average Bonchev–Trinajstić information content (AvgIpc) is 3.04. The zero-order chi connectivity index (χ0) is 16.1. The number of hydrogen-bond acceptors (Lipinski definition) is 4. The first-order chi connectivity index (χ1) is 11.3. The van der Waals surface area contributed by atoms with Crippen LogP contribution in [0.25, 0.3) is 0 Å². The van der Waals surface area contributed by atoms with Crippen molar-refractivity contribution >= 4 is 5.91 Å². The molecule has 1 aliphatic heterocycles. The van der Waals surface area contributed by atoms with Crippen LogP contribution in [0.1, 0.15) is 30.1 Å². The molecule has 0 saturated carbocycles. The van der Waals surface area contributed by atoms with Gasteiger partial charge in [-0.1, -0.05) is 30.3 Å². The molecule has 0 unspecified atom stereocenters. The molecule has 1 aromatic carbocycles. The number of carbonyl (C=O) groups is 1. The molecule has 0 spiro atoms. The van der Waals surface area contributed by atoms with Crippen molar-refractivity contribution in [2.24, 2.45) is 0 Å². The van der Waals surface area contributed by atoms with Gasteiger partial charge in [-0.3, -0.25) is 4.79 Å². The second-order valence-corrected chi connectivity index (χ2v) is 5.89. The van der Waals surface area contributed by atoms with E-state index in [9.17, 15) is 4.79 Å². The summed E-state index contributed by atoms with van der Waals surface area (Å²) in [6.45, 7) is 2.46. The summed E-state index contributed by atoms with van der Waals surface area (Å²) >= 11 is 0. The van der Waals surface area contributed by atoms with Crippen LogP contribution in [0, 0.1) is 0 Å². The molecule has 2 heterocycles. The van der Waals surface area contributed by atoms with Crippen LogP contribution in [0.4, 0.5) is 0 Å². The second kappa shape index (κ2) is 7.37. The number of likely N-dealkylation sites (tertiary alicyclic amines) is 1. The second-order valence-electron chi connectivity index (χ2n) is 5.89. The van der Waals surface area contributed by atoms with Gasteiger partial charge in [0.2, 0.25) is 5.91 Å². The predicted molar refractivity (Wildman–Crippen MR) is 86.0 cm³/mol. The molecule has 1 aromatic heterocycles. The van der Waals surface area contributed by atoms with Gasteiger partial charge in [0.05, 0.1) is 6.54 Å². The van der Waals surface area contributed by atoms with E-state index in [-0.39, 0.29) is 12.5 Å². The molecule has 0 atom stereocenters. The molecular formula is C17H22N4O2. The maximum Gasteiger partial charge on any atom is 0.248 e. The lowest BCUT2D eigenvalue weighted by Crippen LogP contribution is -2.40. The zero-order valence-electron chi connectivity index (χ0n) is 13.4. The van der Waals surface area contributed by atoms with Crippen molar-refractivity contribution in [3.63, 3.8) is 0 Å². The van der Waals surface area contributed by atoms with Gasteiger partial charge in [-0.15, -0.1) is 10.2 Å². The summed E-state index contributed by atoms with van der Waals surface area (Å²) in [6.07, 6.45) is 3.64. The van der Waals surface area contributed by atoms with Crippen LogP contribution < -0.4 is 0 Å². The predicted octanol–water partition coefficient (Wildman–Crippen LogP) is 1.68. The van der Waals surface area contributed by atoms with E-state index in [0.717, 1.165) is 38.3 Å². The molecule has 23 heavy (non-hydrogen) atoms. The highest BCUT2D eigenvalue weighted by molar-refractivity contribution is 5.77. The monoisotopic (exact) mass is 314 g/mol. The van der Waals surface area contributed by atoms with Crippen LogP contribution in [0.3, 0.4) is 0 Å². The molecule has 0 radical (unpaired) electrons. The molecule has 0 aliphatic carbocycles. The molecule has 2 aromatic rings. The first kappa shape index (κ1) is 15.7. The number of hydrogen-bond donors (Lipinski definition) is 0. The van der Waals surface area contributed by atoms with Gasteiger partial charge in [0.15, 0.2) is 0 Å². The van der Waals surface area contributed by atoms with Crippen LogP contribution in [0.5, 0.6) is 0 Å². The molecule has 3 rings (SSSR count). The Hall–Kier alpha value is -2.21. The van der Waals surface area contributed by atoms with Crippen molar-refractivity contribution in [3.05, 3.63) is 48.0 Å². The zero-order valence-corrected chi connectivity index (χ0v) is 13.4. The first-order valence-corrected chi connectivity index (χ1v) is 7.96. The van der Waals surface area contributed by atoms with Gasteiger partial charge in [0, 0.05) is 26.1 Å². The topological polar surface area (TPSA) is 60.2 Å². The maximum atomic E-state index is 11.9. The van der Waals surface area contributed by atoms with Crippen LogP contribution >= 0.6 is 0 Å². The van der Waals surface area contributed by atoms with Gasteiger partial charge >= 0.3 is 0 Å². The SMILES string of the molecule is COCC(=O)N1CCC(c2nncn2Cc2ccccc2)CC1. The minimum absolute atomic E-state index is 0.0664. The van der Waals surface area contributed by atoms with E-state index < -0.39 is 0 Å². The largest absolute Gasteiger partial charge is 0.375 e. The van der Waals surface area contributed by atoms with Crippen LogP contribution in [-0.4, -0.2) is 52.4 Å². The lowest BCUT2D eigenvalue weighted by molar-refractivity contribution is -0.136. The van der Waals surface area contributed by atoms with E-state index in [0.29, 0.717) is 5.92 Å². The Kier molecular flexibility index (Phi) is 5.02. The highest BCUT2D eigenvalue weighted by Gasteiger charge is 2.26. The van der Waals surface area contributed by atoms with Crippen molar-refractivity contribution < 1.29 is 9.53 Å². The maximum absolute atomic E-state index is 11.9. The van der Waals surface area contributed by atoms with Gasteiger partial charge in [0.25, 0.3) is 0 Å². The molecule has 6 nitrogen and oxygen atoms in total. The highest BCUT2D eigenvalue weighted by atomic mass is 16.5. The number of aromatic nitrogens is 3. The Morgan fingerprint density at radius 1 is 1.26 bits per heavy atom. The van der Waals surface area contributed by atoms with Crippen molar-refractivity contribution in [3.8, 4) is 0 Å². The van der Waals surface area contributed by atoms with Gasteiger partial charge in [-0.25, -0.2) is 0 Å². The van der Waals surface area contributed by atoms with Crippen molar-refractivity contribution in [1.29, 1.82) is 0 Å². The smallest absolute Gasteiger partial charge is 0.248 e. The summed E-state index contributed by atoms with van der Waals surface area (Å²) < 4.78 is 7.04. The van der Waals surface area contributed by atoms with Crippen molar-refractivity contribution in [2.45, 2.75) is 25.3 Å². The molecular weight excluding hydrogens is 292 g/mol. The fourth-order valence-electron chi connectivity index (χ4n) is 3.08. The number of methoxy groups -OCH3 is 1. The quantitative estimate of drug-likeness (QED) is 0.842. The number of benzene rings is 1. The van der Waals surface area contributed by atoms with Crippen LogP contribution in [0.15, 0.2) is 36.7 Å². The lowest BCUT2D eigenvalue weighted by atomic mass is 9.95. The third kappa shape index (κ3) is 3.76. The number of piperidine rings is 1. The third-order valence-electron chi connectivity index (χ3n) is 4.32. The number of ether oxygens (including phenoxy) is 1. The summed E-state index contributed by atoms with van der Waals surface area (Å²) in [6, 6.07) is 10.3. The molecule has 1 fully saturated rings. The summed E-state index contributed by atoms with van der Waals surface area (Å²) in [5.74, 6) is 1.44. The summed E-state index contributed by atoms with van der Waals surface area (Å²) in [7, 11) is 1.55. The first-order valence-electron chi connectivity index (χ1n) is 7.96. The lowest BCUT2D eigenvalue weighted by Gasteiger charge is -2.31. The van der Waals surface area contributed by atoms with Gasteiger partial charge < -0.3 is 14.2 Å². The number of carbonyl (C=O) groups excluding carboxylic acids is 1. The summed E-state index contributed by atoms with van der Waals surface area (Å²) in [4.78, 5) is 13.7. The fourth-order valence-corrected chi connectivity index (χ4v) is 3.08. The van der Waals surface area contributed by atoms with Crippen LogP contribution in [0.2, 0.25) is 0 Å². The molecule has 6 heteroatoms. The molecule has 0 N–H and O–H groups in total. The summed E-state index contributed by atoms with van der Waals surface area (Å²) in [5, 5.41) is 8.42. The molecule has 122 valence electrons. The van der Waals surface area contributed by atoms with Gasteiger partial charge in [0.1, 0.15) is 18.8 Å². The number of amides is 1. The highest BCUT2D eigenvalue weighted by Crippen LogP contribution is 2.27. The van der Waals surface area contributed by atoms with E-state index in [1.165, 1.54) is 5.56 Å². The number of nitrogens with zero attached hydrogens (tertiary/aromatic N) is 4. The number of rotatable bonds is 5. The fraction of sp³-hybridized carbons (Fsp3) is 0.471. The van der Waals surface area contributed by atoms with Gasteiger partial charge in [-0.05, 0) is 18.4 Å². The molecule has 1 aliphatic rings. The van der Waals surface area contributed by atoms with E-state index in [1.54, 1.807) is 13.4 Å². The Morgan fingerprint density at radius 2 is 2.00 bits per heavy atom.